The zero-order chi connectivity index (χ0) is 14.4. The number of rotatable bonds is 6. The third-order valence-corrected chi connectivity index (χ3v) is 4.98. The molecule has 0 radical (unpaired) electrons. The Morgan fingerprint density at radius 1 is 1.40 bits per heavy atom. The second-order valence-corrected chi connectivity index (χ2v) is 6.54. The van der Waals surface area contributed by atoms with E-state index in [4.69, 9.17) is 0 Å². The highest BCUT2D eigenvalue weighted by molar-refractivity contribution is 7.99. The topological polar surface area (TPSA) is 56.0 Å². The van der Waals surface area contributed by atoms with Crippen molar-refractivity contribution in [3.63, 3.8) is 0 Å². The van der Waals surface area contributed by atoms with Crippen LogP contribution in [0.4, 0.5) is 5.69 Å². The summed E-state index contributed by atoms with van der Waals surface area (Å²) >= 11 is 1.70. The van der Waals surface area contributed by atoms with Crippen molar-refractivity contribution >= 4 is 17.4 Å². The summed E-state index contributed by atoms with van der Waals surface area (Å²) in [5, 5.41) is 22.2. The average Bonchev–Trinajstić information content (AvgIpc) is 2.93. The monoisotopic (exact) mass is 290 g/mol. The summed E-state index contributed by atoms with van der Waals surface area (Å²) in [4.78, 5) is 1.05. The summed E-state index contributed by atoms with van der Waals surface area (Å²) in [6, 6.07) is 8.29. The zero-order valence-corrected chi connectivity index (χ0v) is 12.7. The molecular weight excluding hydrogens is 268 g/mol. The predicted molar refractivity (Wildman–Crippen MR) is 84.0 cm³/mol. The van der Waals surface area contributed by atoms with E-state index in [1.54, 1.807) is 11.8 Å². The van der Waals surface area contributed by atoms with Crippen molar-refractivity contribution < 1.29 is 5.11 Å². The fourth-order valence-electron chi connectivity index (χ4n) is 2.93. The Labute approximate surface area is 125 Å². The van der Waals surface area contributed by atoms with Crippen molar-refractivity contribution in [3.8, 4) is 6.07 Å². The van der Waals surface area contributed by atoms with Crippen LogP contribution in [0.25, 0.3) is 0 Å². The second kappa shape index (κ2) is 7.56. The van der Waals surface area contributed by atoms with Gasteiger partial charge in [0.1, 0.15) is 6.07 Å². The molecule has 0 spiro atoms. The van der Waals surface area contributed by atoms with Crippen molar-refractivity contribution in [2.45, 2.75) is 31.1 Å². The van der Waals surface area contributed by atoms with E-state index in [-0.39, 0.29) is 6.61 Å². The van der Waals surface area contributed by atoms with E-state index >= 15 is 0 Å². The van der Waals surface area contributed by atoms with Crippen LogP contribution >= 0.6 is 11.8 Å². The molecule has 0 aliphatic heterocycles. The van der Waals surface area contributed by atoms with Gasteiger partial charge in [-0.25, -0.2) is 0 Å². The molecule has 3 nitrogen and oxygen atoms in total. The molecule has 0 bridgehead atoms. The fraction of sp³-hybridized carbons (Fsp3) is 0.562. The van der Waals surface area contributed by atoms with Gasteiger partial charge in [0.05, 0.1) is 11.3 Å². The molecule has 0 amide bonds. The van der Waals surface area contributed by atoms with Crippen LogP contribution in [0.3, 0.4) is 0 Å². The number of thioether (sulfide) groups is 1. The fourth-order valence-corrected chi connectivity index (χ4v) is 3.72. The first-order valence-electron chi connectivity index (χ1n) is 7.30. The van der Waals surface area contributed by atoms with Crippen LogP contribution in [0, 0.1) is 23.2 Å². The Kier molecular flexibility index (Phi) is 5.75. The SMILES string of the molecule is CCSc1cccc(NCC2CCCC2CO)c1C#N. The van der Waals surface area contributed by atoms with Gasteiger partial charge >= 0.3 is 0 Å². The highest BCUT2D eigenvalue weighted by Crippen LogP contribution is 2.33. The number of hydrogen-bond acceptors (Lipinski definition) is 4. The number of aliphatic hydroxyl groups is 1. The number of anilines is 1. The molecule has 20 heavy (non-hydrogen) atoms. The smallest absolute Gasteiger partial charge is 0.102 e. The summed E-state index contributed by atoms with van der Waals surface area (Å²) in [5.74, 6) is 1.91. The molecular formula is C16H22N2OS. The zero-order valence-electron chi connectivity index (χ0n) is 11.9. The molecule has 1 aliphatic rings. The Hall–Kier alpha value is -1.18. The quantitative estimate of drug-likeness (QED) is 0.787. The summed E-state index contributed by atoms with van der Waals surface area (Å²) in [6.07, 6.45) is 3.50. The maximum absolute atomic E-state index is 9.37. The number of nitrogens with zero attached hydrogens (tertiary/aromatic N) is 1. The van der Waals surface area contributed by atoms with Gasteiger partial charge in [-0.05, 0) is 42.6 Å². The van der Waals surface area contributed by atoms with Crippen LogP contribution in [0.2, 0.25) is 0 Å². The lowest BCUT2D eigenvalue weighted by atomic mass is 9.97. The number of nitrogens with one attached hydrogen (secondary N) is 1. The maximum atomic E-state index is 9.37. The van der Waals surface area contributed by atoms with Crippen molar-refractivity contribution in [2.75, 3.05) is 24.2 Å². The molecule has 1 saturated carbocycles. The number of benzene rings is 1. The van der Waals surface area contributed by atoms with Gasteiger partial charge < -0.3 is 10.4 Å². The highest BCUT2D eigenvalue weighted by atomic mass is 32.2. The first-order chi connectivity index (χ1) is 9.80. The van der Waals surface area contributed by atoms with Crippen LogP contribution in [0.1, 0.15) is 31.7 Å². The van der Waals surface area contributed by atoms with Gasteiger partial charge in [0.25, 0.3) is 0 Å². The lowest BCUT2D eigenvalue weighted by molar-refractivity contribution is 0.199. The van der Waals surface area contributed by atoms with Gasteiger partial charge in [0.2, 0.25) is 0 Å². The van der Waals surface area contributed by atoms with Gasteiger partial charge in [-0.15, -0.1) is 11.8 Å². The molecule has 108 valence electrons. The molecule has 0 saturated heterocycles. The lowest BCUT2D eigenvalue weighted by Crippen LogP contribution is -2.21. The summed E-state index contributed by atoms with van der Waals surface area (Å²) in [7, 11) is 0. The van der Waals surface area contributed by atoms with E-state index < -0.39 is 0 Å². The molecule has 4 heteroatoms. The predicted octanol–water partition coefficient (Wildman–Crippen LogP) is 3.49. The third-order valence-electron chi connectivity index (χ3n) is 4.04. The molecule has 1 aromatic carbocycles. The molecule has 2 unspecified atom stereocenters. The summed E-state index contributed by atoms with van der Waals surface area (Å²) in [5.41, 5.74) is 1.67. The Balaban J connectivity index is 2.06. The molecule has 2 N–H and O–H groups in total. The maximum Gasteiger partial charge on any atom is 0.102 e. The Bertz CT molecular complexity index is 484. The van der Waals surface area contributed by atoms with E-state index in [0.717, 1.165) is 34.9 Å². The van der Waals surface area contributed by atoms with Gasteiger partial charge in [-0.2, -0.15) is 5.26 Å². The number of aliphatic hydroxyl groups excluding tert-OH is 1. The Morgan fingerprint density at radius 2 is 2.20 bits per heavy atom. The van der Waals surface area contributed by atoms with Crippen molar-refractivity contribution in [2.24, 2.45) is 11.8 Å². The van der Waals surface area contributed by atoms with Gasteiger partial charge in [-0.1, -0.05) is 19.4 Å². The van der Waals surface area contributed by atoms with E-state index in [2.05, 4.69) is 18.3 Å². The highest BCUT2D eigenvalue weighted by Gasteiger charge is 2.26. The normalized spacial score (nSPS) is 21.6. The first-order valence-corrected chi connectivity index (χ1v) is 8.29. The van der Waals surface area contributed by atoms with Gasteiger partial charge in [0, 0.05) is 18.0 Å². The molecule has 1 fully saturated rings. The van der Waals surface area contributed by atoms with E-state index in [1.807, 2.05) is 18.2 Å². The lowest BCUT2D eigenvalue weighted by Gasteiger charge is -2.19. The standard InChI is InChI=1S/C16H22N2OS/c1-2-20-16-8-4-7-15(14(16)9-17)18-10-12-5-3-6-13(12)11-19/h4,7-8,12-13,18-19H,2-3,5-6,10-11H2,1H3. The van der Waals surface area contributed by atoms with E-state index in [1.165, 1.54) is 12.8 Å². The second-order valence-electron chi connectivity index (χ2n) is 5.24. The van der Waals surface area contributed by atoms with Crippen molar-refractivity contribution in [1.82, 2.24) is 0 Å². The summed E-state index contributed by atoms with van der Waals surface area (Å²) in [6.45, 7) is 3.22. The average molecular weight is 290 g/mol. The summed E-state index contributed by atoms with van der Waals surface area (Å²) < 4.78 is 0. The Morgan fingerprint density at radius 3 is 2.90 bits per heavy atom. The minimum absolute atomic E-state index is 0.281. The molecule has 0 heterocycles. The number of nitriles is 1. The van der Waals surface area contributed by atoms with Crippen LogP contribution in [0.5, 0.6) is 0 Å². The molecule has 2 atom stereocenters. The van der Waals surface area contributed by atoms with Crippen LogP contribution in [-0.4, -0.2) is 24.0 Å². The van der Waals surface area contributed by atoms with E-state index in [9.17, 15) is 10.4 Å². The van der Waals surface area contributed by atoms with Crippen LogP contribution < -0.4 is 5.32 Å². The molecule has 1 aromatic rings. The van der Waals surface area contributed by atoms with Crippen molar-refractivity contribution in [3.05, 3.63) is 23.8 Å². The van der Waals surface area contributed by atoms with Gasteiger partial charge in [0.15, 0.2) is 0 Å². The molecule has 2 rings (SSSR count). The minimum Gasteiger partial charge on any atom is -0.396 e. The van der Waals surface area contributed by atoms with E-state index in [0.29, 0.717) is 11.8 Å². The number of hydrogen-bond donors (Lipinski definition) is 2. The van der Waals surface area contributed by atoms with Crippen LogP contribution in [0.15, 0.2) is 23.1 Å². The molecule has 1 aliphatic carbocycles. The van der Waals surface area contributed by atoms with Crippen molar-refractivity contribution in [1.29, 1.82) is 5.26 Å². The van der Waals surface area contributed by atoms with Crippen LogP contribution in [-0.2, 0) is 0 Å². The first kappa shape index (κ1) is 15.2. The molecule has 0 aromatic heterocycles. The largest absolute Gasteiger partial charge is 0.396 e. The van der Waals surface area contributed by atoms with Gasteiger partial charge in [-0.3, -0.25) is 0 Å². The third kappa shape index (κ3) is 3.47. The minimum atomic E-state index is 0.281.